The molecular weight excluding hydrogens is 242 g/mol. The zero-order valence-electron chi connectivity index (χ0n) is 10.9. The smallest absolute Gasteiger partial charge is 0.340 e. The average Bonchev–Trinajstić information content (AvgIpc) is 2.37. The Morgan fingerprint density at radius 2 is 1.78 bits per heavy atom. The van der Waals surface area contributed by atoms with Crippen molar-refractivity contribution in [1.82, 2.24) is 0 Å². The van der Waals surface area contributed by atoms with E-state index in [0.717, 1.165) is 6.21 Å². The van der Waals surface area contributed by atoms with Crippen molar-refractivity contribution in [3.8, 4) is 0 Å². The van der Waals surface area contributed by atoms with E-state index in [2.05, 4.69) is 4.99 Å². The van der Waals surface area contributed by atoms with Crippen LogP contribution in [0.5, 0.6) is 0 Å². The number of nitrogens with zero attached hydrogens (tertiary/aromatic N) is 1. The molecular formula is C11H19NO6. The van der Waals surface area contributed by atoms with E-state index in [9.17, 15) is 9.90 Å². The lowest BCUT2D eigenvalue weighted by molar-refractivity contribution is -0.132. The van der Waals surface area contributed by atoms with Crippen LogP contribution in [0.1, 0.15) is 6.92 Å². The number of carboxylic acids is 1. The first-order chi connectivity index (χ1) is 8.47. The van der Waals surface area contributed by atoms with Crippen molar-refractivity contribution in [1.29, 1.82) is 0 Å². The Labute approximate surface area is 106 Å². The highest BCUT2D eigenvalue weighted by Crippen LogP contribution is 2.08. The van der Waals surface area contributed by atoms with Gasteiger partial charge < -0.3 is 24.4 Å². The Bertz CT molecular complexity index is 321. The number of carboxylic acid groups (broad SMARTS) is 1. The molecule has 0 aromatic rings. The van der Waals surface area contributed by atoms with Gasteiger partial charge in [0, 0.05) is 27.5 Å². The van der Waals surface area contributed by atoms with Gasteiger partial charge in [0.1, 0.15) is 17.4 Å². The summed E-state index contributed by atoms with van der Waals surface area (Å²) in [4.78, 5) is 14.8. The maximum absolute atomic E-state index is 10.9. The summed E-state index contributed by atoms with van der Waals surface area (Å²) in [6, 6.07) is 0. The van der Waals surface area contributed by atoms with Gasteiger partial charge in [-0.1, -0.05) is 0 Å². The molecule has 0 spiro atoms. The normalized spacial score (nSPS) is 14.9. The van der Waals surface area contributed by atoms with E-state index in [-0.39, 0.29) is 17.9 Å². The Morgan fingerprint density at radius 1 is 1.22 bits per heavy atom. The second-order valence-electron chi connectivity index (χ2n) is 3.38. The lowest BCUT2D eigenvalue weighted by atomic mass is 10.2. The first kappa shape index (κ1) is 16.6. The highest BCUT2D eigenvalue weighted by atomic mass is 16.7. The molecule has 0 aliphatic carbocycles. The van der Waals surface area contributed by atoms with Crippen LogP contribution in [0, 0.1) is 0 Å². The molecule has 1 atom stereocenters. The minimum absolute atomic E-state index is 0.123. The SMILES string of the molecule is COC(CN=CC(C(=O)O)=C(O)C(C)OC)OC. The van der Waals surface area contributed by atoms with Gasteiger partial charge in [-0.2, -0.15) is 0 Å². The second-order valence-corrected chi connectivity index (χ2v) is 3.38. The largest absolute Gasteiger partial charge is 0.509 e. The summed E-state index contributed by atoms with van der Waals surface area (Å²) in [6.45, 7) is 1.65. The summed E-state index contributed by atoms with van der Waals surface area (Å²) in [5, 5.41) is 18.6. The van der Waals surface area contributed by atoms with Crippen LogP contribution in [-0.2, 0) is 19.0 Å². The molecule has 0 aliphatic heterocycles. The molecule has 0 aromatic carbocycles. The monoisotopic (exact) mass is 261 g/mol. The number of rotatable bonds is 8. The molecule has 0 radical (unpaired) electrons. The topological polar surface area (TPSA) is 97.6 Å². The lowest BCUT2D eigenvalue weighted by Crippen LogP contribution is -2.18. The third-order valence-corrected chi connectivity index (χ3v) is 2.25. The number of hydrogen-bond acceptors (Lipinski definition) is 6. The van der Waals surface area contributed by atoms with Gasteiger partial charge in [-0.15, -0.1) is 0 Å². The summed E-state index contributed by atoms with van der Waals surface area (Å²) in [5.74, 6) is -1.67. The van der Waals surface area contributed by atoms with Crippen molar-refractivity contribution in [2.24, 2.45) is 4.99 Å². The highest BCUT2D eigenvalue weighted by molar-refractivity contribution is 6.09. The average molecular weight is 261 g/mol. The molecule has 7 heteroatoms. The summed E-state index contributed by atoms with van der Waals surface area (Å²) in [5.41, 5.74) is -0.324. The number of hydrogen-bond donors (Lipinski definition) is 2. The van der Waals surface area contributed by atoms with Crippen molar-refractivity contribution in [2.75, 3.05) is 27.9 Å². The zero-order chi connectivity index (χ0) is 14.1. The summed E-state index contributed by atoms with van der Waals surface area (Å²) in [6.07, 6.45) is -0.223. The maximum Gasteiger partial charge on any atom is 0.340 e. The third-order valence-electron chi connectivity index (χ3n) is 2.25. The van der Waals surface area contributed by atoms with E-state index in [4.69, 9.17) is 19.3 Å². The van der Waals surface area contributed by atoms with Crippen molar-refractivity contribution in [3.63, 3.8) is 0 Å². The van der Waals surface area contributed by atoms with Crippen LogP contribution in [0.4, 0.5) is 0 Å². The fraction of sp³-hybridized carbons (Fsp3) is 0.636. The van der Waals surface area contributed by atoms with Crippen molar-refractivity contribution >= 4 is 12.2 Å². The molecule has 0 saturated heterocycles. The fourth-order valence-electron chi connectivity index (χ4n) is 1.04. The number of aliphatic hydroxyl groups excluding tert-OH is 1. The van der Waals surface area contributed by atoms with Crippen LogP contribution < -0.4 is 0 Å². The van der Waals surface area contributed by atoms with Crippen LogP contribution in [-0.4, -0.2) is 62.7 Å². The van der Waals surface area contributed by atoms with Crippen LogP contribution >= 0.6 is 0 Å². The van der Waals surface area contributed by atoms with E-state index >= 15 is 0 Å². The van der Waals surface area contributed by atoms with Crippen LogP contribution in [0.25, 0.3) is 0 Å². The molecule has 7 nitrogen and oxygen atoms in total. The molecule has 0 aliphatic rings. The number of carbonyl (C=O) groups is 1. The first-order valence-electron chi connectivity index (χ1n) is 5.22. The summed E-state index contributed by atoms with van der Waals surface area (Å²) >= 11 is 0. The number of ether oxygens (including phenoxy) is 3. The Hall–Kier alpha value is -1.44. The highest BCUT2D eigenvalue weighted by Gasteiger charge is 2.17. The Balaban J connectivity index is 4.84. The Kier molecular flexibility index (Phi) is 7.93. The fourth-order valence-corrected chi connectivity index (χ4v) is 1.04. The van der Waals surface area contributed by atoms with Gasteiger partial charge in [0.2, 0.25) is 0 Å². The summed E-state index contributed by atoms with van der Waals surface area (Å²) < 4.78 is 14.6. The predicted octanol–water partition coefficient (Wildman–Crippen LogP) is 0.608. The molecule has 0 rings (SSSR count). The van der Waals surface area contributed by atoms with E-state index in [0.29, 0.717) is 0 Å². The van der Waals surface area contributed by atoms with E-state index in [1.165, 1.54) is 28.3 Å². The van der Waals surface area contributed by atoms with Gasteiger partial charge >= 0.3 is 5.97 Å². The molecule has 18 heavy (non-hydrogen) atoms. The Morgan fingerprint density at radius 3 is 2.17 bits per heavy atom. The molecule has 104 valence electrons. The van der Waals surface area contributed by atoms with Gasteiger partial charge in [-0.3, -0.25) is 4.99 Å². The van der Waals surface area contributed by atoms with Crippen LogP contribution in [0.3, 0.4) is 0 Å². The van der Waals surface area contributed by atoms with Gasteiger partial charge in [0.25, 0.3) is 0 Å². The van der Waals surface area contributed by atoms with Gasteiger partial charge in [-0.25, -0.2) is 4.79 Å². The molecule has 0 heterocycles. The molecule has 1 unspecified atom stereocenters. The van der Waals surface area contributed by atoms with Crippen molar-refractivity contribution < 1.29 is 29.2 Å². The van der Waals surface area contributed by atoms with Crippen LogP contribution in [0.2, 0.25) is 0 Å². The minimum atomic E-state index is -1.29. The molecule has 0 fully saturated rings. The third kappa shape index (κ3) is 5.26. The van der Waals surface area contributed by atoms with Crippen molar-refractivity contribution in [2.45, 2.75) is 19.3 Å². The van der Waals surface area contributed by atoms with Gasteiger partial charge in [0.05, 0.1) is 6.54 Å². The maximum atomic E-state index is 10.9. The number of aliphatic hydroxyl groups is 1. The molecule has 0 bridgehead atoms. The number of aliphatic carboxylic acids is 1. The van der Waals surface area contributed by atoms with E-state index < -0.39 is 18.4 Å². The zero-order valence-corrected chi connectivity index (χ0v) is 10.9. The molecule has 0 amide bonds. The number of aliphatic imine (C=N–C) groups is 1. The van der Waals surface area contributed by atoms with Crippen LogP contribution in [0.15, 0.2) is 16.3 Å². The minimum Gasteiger partial charge on any atom is -0.509 e. The number of methoxy groups -OCH3 is 3. The first-order valence-corrected chi connectivity index (χ1v) is 5.22. The summed E-state index contributed by atoms with van der Waals surface area (Å²) in [7, 11) is 4.26. The molecule has 2 N–H and O–H groups in total. The molecule has 0 saturated carbocycles. The van der Waals surface area contributed by atoms with Crippen molar-refractivity contribution in [3.05, 3.63) is 11.3 Å². The van der Waals surface area contributed by atoms with E-state index in [1.54, 1.807) is 0 Å². The quantitative estimate of drug-likeness (QED) is 0.287. The van der Waals surface area contributed by atoms with E-state index in [1.807, 2.05) is 0 Å². The van der Waals surface area contributed by atoms with Gasteiger partial charge in [0.15, 0.2) is 6.29 Å². The van der Waals surface area contributed by atoms with Gasteiger partial charge in [-0.05, 0) is 6.92 Å². The second kappa shape index (κ2) is 8.62. The standard InChI is InChI=1S/C11H19NO6/c1-7(16-2)10(13)8(11(14)15)5-12-6-9(17-3)18-4/h5,7,9,13H,6H2,1-4H3,(H,14,15). The predicted molar refractivity (Wildman–Crippen MR) is 64.9 cm³/mol. The lowest BCUT2D eigenvalue weighted by Gasteiger charge is -2.11. The molecule has 0 aromatic heterocycles.